The van der Waals surface area contributed by atoms with Gasteiger partial charge in [-0.15, -0.1) is 0 Å². The highest BCUT2D eigenvalue weighted by molar-refractivity contribution is 7.94. The third-order valence-corrected chi connectivity index (χ3v) is 5.59. The van der Waals surface area contributed by atoms with E-state index in [2.05, 4.69) is 24.1 Å². The standard InChI is InChI=1S/C14H26N2O2S/c1-3-7-16-8-4-5-13(10-16)12(2)15-14-6-9-19(17,18)11-14/h6,9,12-15H,3-5,7-8,10-11H2,1-2H3. The first-order valence-corrected chi connectivity index (χ1v) is 9.11. The second-order valence-corrected chi connectivity index (χ2v) is 7.85. The molecule has 0 aliphatic carbocycles. The van der Waals surface area contributed by atoms with Crippen LogP contribution in [-0.2, 0) is 9.84 Å². The molecule has 0 bridgehead atoms. The maximum absolute atomic E-state index is 11.4. The molecule has 0 aromatic rings. The van der Waals surface area contributed by atoms with Crippen molar-refractivity contribution >= 4 is 9.84 Å². The van der Waals surface area contributed by atoms with E-state index in [1.165, 1.54) is 37.8 Å². The summed E-state index contributed by atoms with van der Waals surface area (Å²) in [6.07, 6.45) is 5.50. The smallest absolute Gasteiger partial charge is 0.173 e. The van der Waals surface area contributed by atoms with Gasteiger partial charge in [0.15, 0.2) is 9.84 Å². The van der Waals surface area contributed by atoms with Gasteiger partial charge >= 0.3 is 0 Å². The molecule has 2 heterocycles. The van der Waals surface area contributed by atoms with E-state index in [-0.39, 0.29) is 11.8 Å². The van der Waals surface area contributed by atoms with E-state index < -0.39 is 9.84 Å². The predicted octanol–water partition coefficient (Wildman–Crippen LogP) is 1.40. The van der Waals surface area contributed by atoms with Crippen molar-refractivity contribution in [2.45, 2.75) is 45.2 Å². The molecular weight excluding hydrogens is 260 g/mol. The lowest BCUT2D eigenvalue weighted by molar-refractivity contribution is 0.149. The number of sulfone groups is 1. The van der Waals surface area contributed by atoms with Crippen LogP contribution < -0.4 is 5.32 Å². The van der Waals surface area contributed by atoms with Crippen molar-refractivity contribution in [3.63, 3.8) is 0 Å². The van der Waals surface area contributed by atoms with Gasteiger partial charge in [0, 0.05) is 24.0 Å². The largest absolute Gasteiger partial charge is 0.307 e. The molecule has 0 aromatic heterocycles. The summed E-state index contributed by atoms with van der Waals surface area (Å²) in [5.74, 6) is 0.861. The van der Waals surface area contributed by atoms with Crippen molar-refractivity contribution in [1.82, 2.24) is 10.2 Å². The first-order valence-electron chi connectivity index (χ1n) is 7.39. The van der Waals surface area contributed by atoms with Gasteiger partial charge < -0.3 is 10.2 Å². The molecule has 1 fully saturated rings. The lowest BCUT2D eigenvalue weighted by Crippen LogP contribution is -2.47. The first-order chi connectivity index (χ1) is 9.00. The lowest BCUT2D eigenvalue weighted by atomic mass is 9.91. The van der Waals surface area contributed by atoms with Crippen LogP contribution in [0.5, 0.6) is 0 Å². The number of hydrogen-bond acceptors (Lipinski definition) is 4. The fourth-order valence-electron chi connectivity index (χ4n) is 3.17. The summed E-state index contributed by atoms with van der Waals surface area (Å²) in [7, 11) is -2.94. The molecule has 0 spiro atoms. The highest BCUT2D eigenvalue weighted by Crippen LogP contribution is 2.21. The summed E-state index contributed by atoms with van der Waals surface area (Å²) in [6, 6.07) is 0.379. The molecule has 0 aromatic carbocycles. The van der Waals surface area contributed by atoms with Crippen molar-refractivity contribution in [1.29, 1.82) is 0 Å². The molecular formula is C14H26N2O2S. The Hall–Kier alpha value is -0.390. The normalized spacial score (nSPS) is 32.5. The fraction of sp³-hybridized carbons (Fsp3) is 0.857. The molecule has 2 aliphatic heterocycles. The second kappa shape index (κ2) is 6.37. The Kier molecular flexibility index (Phi) is 5.03. The zero-order chi connectivity index (χ0) is 13.9. The molecule has 2 rings (SSSR count). The number of rotatable bonds is 5. The van der Waals surface area contributed by atoms with Gasteiger partial charge in [-0.05, 0) is 45.2 Å². The van der Waals surface area contributed by atoms with E-state index >= 15 is 0 Å². The van der Waals surface area contributed by atoms with Crippen LogP contribution in [0.25, 0.3) is 0 Å². The topological polar surface area (TPSA) is 49.4 Å². The van der Waals surface area contributed by atoms with Crippen LogP contribution >= 0.6 is 0 Å². The van der Waals surface area contributed by atoms with Gasteiger partial charge in [0.2, 0.25) is 0 Å². The van der Waals surface area contributed by atoms with Gasteiger partial charge in [0.25, 0.3) is 0 Å². The molecule has 0 radical (unpaired) electrons. The van der Waals surface area contributed by atoms with Crippen LogP contribution in [-0.4, -0.2) is 50.8 Å². The molecule has 19 heavy (non-hydrogen) atoms. The van der Waals surface area contributed by atoms with Gasteiger partial charge in [-0.3, -0.25) is 0 Å². The van der Waals surface area contributed by atoms with Crippen molar-refractivity contribution < 1.29 is 8.42 Å². The van der Waals surface area contributed by atoms with Gasteiger partial charge in [-0.2, -0.15) is 0 Å². The molecule has 1 saturated heterocycles. The van der Waals surface area contributed by atoms with Crippen LogP contribution in [0.1, 0.15) is 33.1 Å². The fourth-order valence-corrected chi connectivity index (χ4v) is 4.42. The van der Waals surface area contributed by atoms with E-state index in [1.807, 2.05) is 0 Å². The van der Waals surface area contributed by atoms with E-state index in [4.69, 9.17) is 0 Å². The Labute approximate surface area is 117 Å². The Bertz CT molecular complexity index is 417. The molecule has 0 saturated carbocycles. The molecule has 5 heteroatoms. The maximum atomic E-state index is 11.4. The Balaban J connectivity index is 1.83. The van der Waals surface area contributed by atoms with E-state index in [1.54, 1.807) is 6.08 Å². The molecule has 110 valence electrons. The molecule has 1 N–H and O–H groups in total. The monoisotopic (exact) mass is 286 g/mol. The summed E-state index contributed by atoms with van der Waals surface area (Å²) in [6.45, 7) is 7.96. The minimum absolute atomic E-state index is 0.00144. The highest BCUT2D eigenvalue weighted by Gasteiger charge is 2.28. The summed E-state index contributed by atoms with van der Waals surface area (Å²) in [5.41, 5.74) is 0. The third kappa shape index (κ3) is 4.29. The number of likely N-dealkylation sites (tertiary alicyclic amines) is 1. The Morgan fingerprint density at radius 2 is 2.26 bits per heavy atom. The van der Waals surface area contributed by atoms with E-state index in [0.717, 1.165) is 6.54 Å². The molecule has 2 aliphatic rings. The SMILES string of the molecule is CCCN1CCCC(C(C)NC2C=CS(=O)(=O)C2)C1. The van der Waals surface area contributed by atoms with Crippen molar-refractivity contribution in [3.8, 4) is 0 Å². The van der Waals surface area contributed by atoms with Crippen LogP contribution in [0.2, 0.25) is 0 Å². The van der Waals surface area contributed by atoms with Gasteiger partial charge in [0.05, 0.1) is 5.75 Å². The highest BCUT2D eigenvalue weighted by atomic mass is 32.2. The summed E-state index contributed by atoms with van der Waals surface area (Å²) in [4.78, 5) is 2.54. The third-order valence-electron chi connectivity index (χ3n) is 4.20. The van der Waals surface area contributed by atoms with Crippen molar-refractivity contribution in [3.05, 3.63) is 11.5 Å². The summed E-state index contributed by atoms with van der Waals surface area (Å²) >= 11 is 0. The van der Waals surface area contributed by atoms with Crippen LogP contribution in [0, 0.1) is 5.92 Å². The number of nitrogens with zero attached hydrogens (tertiary/aromatic N) is 1. The van der Waals surface area contributed by atoms with Gasteiger partial charge in [-0.1, -0.05) is 13.0 Å². The average Bonchev–Trinajstić information content (AvgIpc) is 2.69. The average molecular weight is 286 g/mol. The number of nitrogens with one attached hydrogen (secondary N) is 1. The minimum atomic E-state index is -2.94. The zero-order valence-corrected chi connectivity index (χ0v) is 12.8. The molecule has 3 atom stereocenters. The quantitative estimate of drug-likeness (QED) is 0.830. The predicted molar refractivity (Wildman–Crippen MR) is 78.8 cm³/mol. The van der Waals surface area contributed by atoms with Crippen LogP contribution in [0.3, 0.4) is 0 Å². The Morgan fingerprint density at radius 3 is 2.89 bits per heavy atom. The summed E-state index contributed by atoms with van der Waals surface area (Å²) < 4.78 is 22.8. The van der Waals surface area contributed by atoms with Gasteiger partial charge in [-0.25, -0.2) is 8.42 Å². The first kappa shape index (κ1) is 15.0. The molecule has 4 nitrogen and oxygen atoms in total. The van der Waals surface area contributed by atoms with Crippen LogP contribution in [0.15, 0.2) is 11.5 Å². The molecule has 3 unspecified atom stereocenters. The van der Waals surface area contributed by atoms with E-state index in [0.29, 0.717) is 12.0 Å². The van der Waals surface area contributed by atoms with Crippen molar-refractivity contribution in [2.24, 2.45) is 5.92 Å². The summed E-state index contributed by atoms with van der Waals surface area (Å²) in [5, 5.41) is 4.82. The number of piperidine rings is 1. The van der Waals surface area contributed by atoms with Crippen LogP contribution in [0.4, 0.5) is 0 Å². The lowest BCUT2D eigenvalue weighted by Gasteiger charge is -2.36. The zero-order valence-electron chi connectivity index (χ0n) is 12.0. The minimum Gasteiger partial charge on any atom is -0.307 e. The number of hydrogen-bond donors (Lipinski definition) is 1. The second-order valence-electron chi connectivity index (χ2n) is 5.92. The maximum Gasteiger partial charge on any atom is 0.173 e. The van der Waals surface area contributed by atoms with E-state index in [9.17, 15) is 8.42 Å². The molecule has 0 amide bonds. The van der Waals surface area contributed by atoms with Crippen molar-refractivity contribution in [2.75, 3.05) is 25.4 Å². The Morgan fingerprint density at radius 1 is 1.47 bits per heavy atom. The van der Waals surface area contributed by atoms with Gasteiger partial charge in [0.1, 0.15) is 0 Å².